The van der Waals surface area contributed by atoms with E-state index < -0.39 is 0 Å². The molecule has 0 aliphatic heterocycles. The second kappa shape index (κ2) is 4.92. The van der Waals surface area contributed by atoms with Crippen LogP contribution in [0.25, 0.3) is 0 Å². The second-order valence-corrected chi connectivity index (χ2v) is 5.74. The van der Waals surface area contributed by atoms with E-state index in [-0.39, 0.29) is 0 Å². The van der Waals surface area contributed by atoms with Crippen LogP contribution >= 0.6 is 38.9 Å². The molecule has 0 spiro atoms. The van der Waals surface area contributed by atoms with Crippen molar-refractivity contribution in [1.82, 2.24) is 10.2 Å². The number of anilines is 1. The van der Waals surface area contributed by atoms with Crippen LogP contribution in [0, 0.1) is 0 Å². The van der Waals surface area contributed by atoms with Gasteiger partial charge in [-0.15, -0.1) is 21.5 Å². The number of nitrogens with one attached hydrogen (secondary N) is 1. The molecule has 2 heterocycles. The molecular weight excluding hydrogens is 298 g/mol. The molecule has 3 nitrogen and oxygen atoms in total. The molecule has 2 aromatic heterocycles. The fourth-order valence-electron chi connectivity index (χ4n) is 1.03. The summed E-state index contributed by atoms with van der Waals surface area (Å²) in [5, 5.41) is 11.2. The third-order valence-corrected chi connectivity index (χ3v) is 3.53. The smallest absolute Gasteiger partial charge is 0.151 e. The van der Waals surface area contributed by atoms with Gasteiger partial charge in [0.15, 0.2) is 5.15 Å². The first-order chi connectivity index (χ1) is 7.24. The van der Waals surface area contributed by atoms with Crippen molar-refractivity contribution >= 4 is 44.7 Å². The van der Waals surface area contributed by atoms with E-state index in [4.69, 9.17) is 11.6 Å². The standard InChI is InChI=1S/C9H7BrClN3S/c10-7-2-1-6(15-7)5-12-9-4-3-8(11)13-14-9/h1-4H,5H2,(H,12,14). The maximum Gasteiger partial charge on any atom is 0.151 e. The van der Waals surface area contributed by atoms with Crippen molar-refractivity contribution in [2.24, 2.45) is 0 Å². The summed E-state index contributed by atoms with van der Waals surface area (Å²) >= 11 is 10.7. The number of aromatic nitrogens is 2. The quantitative estimate of drug-likeness (QED) is 0.942. The van der Waals surface area contributed by atoms with E-state index in [1.54, 1.807) is 23.5 Å². The summed E-state index contributed by atoms with van der Waals surface area (Å²) in [6, 6.07) is 7.60. The number of hydrogen-bond acceptors (Lipinski definition) is 4. The molecule has 0 saturated heterocycles. The van der Waals surface area contributed by atoms with E-state index in [1.807, 2.05) is 6.07 Å². The highest BCUT2D eigenvalue weighted by Crippen LogP contribution is 2.22. The molecule has 0 aliphatic rings. The van der Waals surface area contributed by atoms with Gasteiger partial charge < -0.3 is 5.32 Å². The van der Waals surface area contributed by atoms with Crippen LogP contribution in [0.5, 0.6) is 0 Å². The van der Waals surface area contributed by atoms with Crippen LogP contribution in [-0.4, -0.2) is 10.2 Å². The Morgan fingerprint density at radius 2 is 2.13 bits per heavy atom. The molecule has 15 heavy (non-hydrogen) atoms. The van der Waals surface area contributed by atoms with Crippen LogP contribution in [0.1, 0.15) is 4.88 Å². The highest BCUT2D eigenvalue weighted by Gasteiger charge is 1.99. The fraction of sp³-hybridized carbons (Fsp3) is 0.111. The highest BCUT2D eigenvalue weighted by molar-refractivity contribution is 9.11. The molecule has 0 fully saturated rings. The molecule has 0 radical (unpaired) electrons. The second-order valence-electron chi connectivity index (χ2n) is 2.80. The summed E-state index contributed by atoms with van der Waals surface area (Å²) in [6.45, 7) is 0.743. The van der Waals surface area contributed by atoms with Crippen molar-refractivity contribution in [3.8, 4) is 0 Å². The van der Waals surface area contributed by atoms with Crippen molar-refractivity contribution in [1.29, 1.82) is 0 Å². The summed E-state index contributed by atoms with van der Waals surface area (Å²) in [6.07, 6.45) is 0. The van der Waals surface area contributed by atoms with Gasteiger partial charge in [0.25, 0.3) is 0 Å². The molecule has 0 atom stereocenters. The SMILES string of the molecule is Clc1ccc(NCc2ccc(Br)s2)nn1. The maximum absolute atomic E-state index is 5.63. The first kappa shape index (κ1) is 10.9. The van der Waals surface area contributed by atoms with Crippen LogP contribution in [0.4, 0.5) is 5.82 Å². The van der Waals surface area contributed by atoms with Gasteiger partial charge in [0.1, 0.15) is 5.82 Å². The first-order valence-corrected chi connectivity index (χ1v) is 6.20. The van der Waals surface area contributed by atoms with Gasteiger partial charge in [0, 0.05) is 4.88 Å². The summed E-state index contributed by atoms with van der Waals surface area (Å²) in [4.78, 5) is 1.23. The van der Waals surface area contributed by atoms with Crippen molar-refractivity contribution in [3.05, 3.63) is 38.1 Å². The molecule has 1 N–H and O–H groups in total. The predicted molar refractivity (Wildman–Crippen MR) is 66.4 cm³/mol. The Morgan fingerprint density at radius 1 is 1.27 bits per heavy atom. The molecule has 2 aromatic rings. The normalized spacial score (nSPS) is 10.3. The zero-order valence-electron chi connectivity index (χ0n) is 7.58. The molecule has 0 aliphatic carbocycles. The van der Waals surface area contributed by atoms with Gasteiger partial charge in [-0.2, -0.15) is 0 Å². The van der Waals surface area contributed by atoms with E-state index in [9.17, 15) is 0 Å². The molecule has 0 aromatic carbocycles. The molecule has 0 bridgehead atoms. The molecule has 6 heteroatoms. The van der Waals surface area contributed by atoms with Gasteiger partial charge in [0.2, 0.25) is 0 Å². The third-order valence-electron chi connectivity index (χ3n) is 1.70. The van der Waals surface area contributed by atoms with Crippen molar-refractivity contribution < 1.29 is 0 Å². The predicted octanol–water partition coefficient (Wildman–Crippen LogP) is 3.57. The van der Waals surface area contributed by atoms with E-state index in [2.05, 4.69) is 37.5 Å². The van der Waals surface area contributed by atoms with Crippen molar-refractivity contribution in [3.63, 3.8) is 0 Å². The van der Waals surface area contributed by atoms with Gasteiger partial charge >= 0.3 is 0 Å². The molecule has 0 unspecified atom stereocenters. The number of thiophene rings is 1. The Kier molecular flexibility index (Phi) is 3.56. The third kappa shape index (κ3) is 3.15. The Hall–Kier alpha value is -0.650. The van der Waals surface area contributed by atoms with E-state index >= 15 is 0 Å². The van der Waals surface area contributed by atoms with Crippen LogP contribution in [0.2, 0.25) is 5.15 Å². The number of rotatable bonds is 3. The fourth-order valence-corrected chi connectivity index (χ4v) is 2.56. The minimum atomic E-state index is 0.402. The molecule has 2 rings (SSSR count). The zero-order valence-corrected chi connectivity index (χ0v) is 10.7. The van der Waals surface area contributed by atoms with Crippen LogP contribution in [-0.2, 0) is 6.54 Å². The Morgan fingerprint density at radius 3 is 2.73 bits per heavy atom. The molecule has 0 amide bonds. The minimum absolute atomic E-state index is 0.402. The average Bonchev–Trinajstić information content (AvgIpc) is 2.64. The van der Waals surface area contributed by atoms with Gasteiger partial charge in [-0.1, -0.05) is 11.6 Å². The summed E-state index contributed by atoms with van der Waals surface area (Å²) in [7, 11) is 0. The van der Waals surface area contributed by atoms with Crippen molar-refractivity contribution in [2.75, 3.05) is 5.32 Å². The van der Waals surface area contributed by atoms with Crippen LogP contribution in [0.3, 0.4) is 0 Å². The summed E-state index contributed by atoms with van der Waals surface area (Å²) in [5.41, 5.74) is 0. The Bertz CT molecular complexity index is 443. The molecule has 78 valence electrons. The molecular formula is C9H7BrClN3S. The highest BCUT2D eigenvalue weighted by atomic mass is 79.9. The Balaban J connectivity index is 1.96. The van der Waals surface area contributed by atoms with Crippen LogP contribution in [0.15, 0.2) is 28.1 Å². The zero-order chi connectivity index (χ0) is 10.7. The van der Waals surface area contributed by atoms with E-state index in [0.717, 1.165) is 16.1 Å². The monoisotopic (exact) mass is 303 g/mol. The Labute approximate surface area is 105 Å². The largest absolute Gasteiger partial charge is 0.364 e. The summed E-state index contributed by atoms with van der Waals surface area (Å²) in [5.74, 6) is 0.726. The van der Waals surface area contributed by atoms with Gasteiger partial charge in [-0.05, 0) is 40.2 Å². The first-order valence-electron chi connectivity index (χ1n) is 4.21. The lowest BCUT2D eigenvalue weighted by Crippen LogP contribution is -2.00. The van der Waals surface area contributed by atoms with Crippen LogP contribution < -0.4 is 5.32 Å². The average molecular weight is 305 g/mol. The topological polar surface area (TPSA) is 37.8 Å². The minimum Gasteiger partial charge on any atom is -0.364 e. The number of halogens is 2. The lowest BCUT2D eigenvalue weighted by Gasteiger charge is -2.01. The van der Waals surface area contributed by atoms with E-state index in [0.29, 0.717) is 5.15 Å². The van der Waals surface area contributed by atoms with Gasteiger partial charge in [-0.3, -0.25) is 0 Å². The lowest BCUT2D eigenvalue weighted by molar-refractivity contribution is 1.01. The summed E-state index contributed by atoms with van der Waals surface area (Å²) < 4.78 is 1.13. The molecule has 0 saturated carbocycles. The van der Waals surface area contributed by atoms with Gasteiger partial charge in [0.05, 0.1) is 10.3 Å². The van der Waals surface area contributed by atoms with Gasteiger partial charge in [-0.25, -0.2) is 0 Å². The van der Waals surface area contributed by atoms with Crippen molar-refractivity contribution in [2.45, 2.75) is 6.54 Å². The van der Waals surface area contributed by atoms with E-state index in [1.165, 1.54) is 4.88 Å². The number of nitrogens with zero attached hydrogens (tertiary/aromatic N) is 2. The lowest BCUT2D eigenvalue weighted by atomic mass is 10.4. The maximum atomic E-state index is 5.63. The number of hydrogen-bond donors (Lipinski definition) is 1.